The average Bonchev–Trinajstić information content (AvgIpc) is 2.73. The highest BCUT2D eigenvalue weighted by Crippen LogP contribution is 2.24. The van der Waals surface area contributed by atoms with Crippen molar-refractivity contribution in [2.45, 2.75) is 18.7 Å². The fourth-order valence-electron chi connectivity index (χ4n) is 2.72. The predicted molar refractivity (Wildman–Crippen MR) is 133 cm³/mol. The lowest BCUT2D eigenvalue weighted by atomic mass is 10.1. The number of phenols is 1. The maximum absolute atomic E-state index is 12.6. The third-order valence-corrected chi connectivity index (χ3v) is 6.86. The molecule has 1 amide bonds. The lowest BCUT2D eigenvalue weighted by Gasteiger charge is -2.12. The minimum Gasteiger partial charge on any atom is -0.507 e. The van der Waals surface area contributed by atoms with Gasteiger partial charge in [0.1, 0.15) is 5.75 Å². The first-order valence-corrected chi connectivity index (χ1v) is 12.0. The Kier molecular flexibility index (Phi) is 7.17. The van der Waals surface area contributed by atoms with Gasteiger partial charge >= 0.3 is 0 Å². The van der Waals surface area contributed by atoms with E-state index < -0.39 is 15.9 Å². The Morgan fingerprint density at radius 1 is 0.938 bits per heavy atom. The first kappa shape index (κ1) is 23.7. The molecule has 3 aromatic rings. The standard InChI is InChI=1S/C22H20BrN3O4S2/c1-13-3-5-17(11-14(13)2)26-32(29,30)18-8-6-16(7-9-18)24-22(31)25-21(28)15-4-10-20(27)19(23)12-15/h3-12,26-27H,1-2H3,(H2,24,25,28,31). The topological polar surface area (TPSA) is 108 Å². The zero-order valence-electron chi connectivity index (χ0n) is 17.1. The molecule has 32 heavy (non-hydrogen) atoms. The molecule has 0 heterocycles. The van der Waals surface area contributed by atoms with E-state index in [1.54, 1.807) is 24.3 Å². The van der Waals surface area contributed by atoms with E-state index in [2.05, 4.69) is 31.3 Å². The summed E-state index contributed by atoms with van der Waals surface area (Å²) in [5.74, 6) is -0.440. The van der Waals surface area contributed by atoms with E-state index in [9.17, 15) is 18.3 Å². The third-order valence-electron chi connectivity index (χ3n) is 4.62. The van der Waals surface area contributed by atoms with Crippen molar-refractivity contribution in [3.05, 3.63) is 81.8 Å². The maximum atomic E-state index is 12.6. The normalized spacial score (nSPS) is 11.0. The smallest absolute Gasteiger partial charge is 0.261 e. The molecule has 166 valence electrons. The van der Waals surface area contributed by atoms with E-state index in [4.69, 9.17) is 12.2 Å². The molecule has 0 saturated heterocycles. The highest BCUT2D eigenvalue weighted by molar-refractivity contribution is 9.10. The molecule has 3 rings (SSSR count). The molecule has 0 aromatic heterocycles. The van der Waals surface area contributed by atoms with Crippen molar-refractivity contribution in [1.29, 1.82) is 0 Å². The molecule has 7 nitrogen and oxygen atoms in total. The number of anilines is 2. The molecule has 0 bridgehead atoms. The lowest BCUT2D eigenvalue weighted by Crippen LogP contribution is -2.34. The number of aryl methyl sites for hydroxylation is 2. The van der Waals surface area contributed by atoms with Crippen LogP contribution in [0.3, 0.4) is 0 Å². The van der Waals surface area contributed by atoms with Crippen molar-refractivity contribution in [2.24, 2.45) is 0 Å². The molecule has 0 aliphatic heterocycles. The van der Waals surface area contributed by atoms with Gasteiger partial charge in [0, 0.05) is 16.9 Å². The summed E-state index contributed by atoms with van der Waals surface area (Å²) in [7, 11) is -3.76. The minimum atomic E-state index is -3.76. The van der Waals surface area contributed by atoms with Crippen molar-refractivity contribution in [2.75, 3.05) is 10.0 Å². The Bertz CT molecular complexity index is 1290. The Morgan fingerprint density at radius 3 is 2.22 bits per heavy atom. The summed E-state index contributed by atoms with van der Waals surface area (Å²) >= 11 is 8.30. The van der Waals surface area contributed by atoms with Gasteiger partial charge in [0.05, 0.1) is 9.37 Å². The van der Waals surface area contributed by atoms with Crippen LogP contribution in [0, 0.1) is 13.8 Å². The van der Waals surface area contributed by atoms with E-state index in [0.29, 0.717) is 21.4 Å². The molecule has 0 radical (unpaired) electrons. The molecule has 0 atom stereocenters. The Labute approximate surface area is 200 Å². The van der Waals surface area contributed by atoms with Gasteiger partial charge in [-0.15, -0.1) is 0 Å². The third kappa shape index (κ3) is 5.84. The first-order chi connectivity index (χ1) is 15.0. The predicted octanol–water partition coefficient (Wildman–Crippen LogP) is 4.70. The number of nitrogens with one attached hydrogen (secondary N) is 3. The van der Waals surface area contributed by atoms with Crippen molar-refractivity contribution >= 4 is 60.6 Å². The van der Waals surface area contributed by atoms with Gasteiger partial charge < -0.3 is 10.4 Å². The zero-order chi connectivity index (χ0) is 23.5. The van der Waals surface area contributed by atoms with Crippen LogP contribution < -0.4 is 15.4 Å². The van der Waals surface area contributed by atoms with Gasteiger partial charge in [0.15, 0.2) is 5.11 Å². The van der Waals surface area contributed by atoms with Crippen molar-refractivity contribution in [1.82, 2.24) is 5.32 Å². The Balaban J connectivity index is 1.64. The van der Waals surface area contributed by atoms with Gasteiger partial charge in [0.25, 0.3) is 15.9 Å². The fraction of sp³-hybridized carbons (Fsp3) is 0.0909. The molecular formula is C22H20BrN3O4S2. The molecule has 0 spiro atoms. The molecule has 0 aliphatic rings. The van der Waals surface area contributed by atoms with E-state index in [-0.39, 0.29) is 15.8 Å². The summed E-state index contributed by atoms with van der Waals surface area (Å²) in [5, 5.41) is 14.9. The van der Waals surface area contributed by atoms with Gasteiger partial charge in [-0.25, -0.2) is 8.42 Å². The van der Waals surface area contributed by atoms with Gasteiger partial charge in [-0.05, 0) is 108 Å². The Morgan fingerprint density at radius 2 is 1.59 bits per heavy atom. The highest BCUT2D eigenvalue weighted by atomic mass is 79.9. The SMILES string of the molecule is Cc1ccc(NS(=O)(=O)c2ccc(NC(=S)NC(=O)c3ccc(O)c(Br)c3)cc2)cc1C. The van der Waals surface area contributed by atoms with Crippen molar-refractivity contribution in [3.63, 3.8) is 0 Å². The van der Waals surface area contributed by atoms with Crippen LogP contribution in [0.15, 0.2) is 70.0 Å². The molecule has 3 aromatic carbocycles. The Hall–Kier alpha value is -2.95. The second-order valence-electron chi connectivity index (χ2n) is 7.00. The van der Waals surface area contributed by atoms with Crippen LogP contribution >= 0.6 is 28.1 Å². The van der Waals surface area contributed by atoms with Gasteiger partial charge in [-0.2, -0.15) is 0 Å². The fourth-order valence-corrected chi connectivity index (χ4v) is 4.36. The number of phenolic OH excluding ortho intramolecular Hbond substituents is 1. The lowest BCUT2D eigenvalue weighted by molar-refractivity contribution is 0.0977. The summed E-state index contributed by atoms with van der Waals surface area (Å²) < 4.78 is 28.2. The summed E-state index contributed by atoms with van der Waals surface area (Å²) in [6.07, 6.45) is 0. The number of amides is 1. The number of carbonyl (C=O) groups is 1. The number of sulfonamides is 1. The van der Waals surface area contributed by atoms with Gasteiger partial charge in [-0.3, -0.25) is 14.8 Å². The summed E-state index contributed by atoms with van der Waals surface area (Å²) in [5.41, 5.74) is 3.36. The number of benzene rings is 3. The van der Waals surface area contributed by atoms with E-state index in [1.165, 1.54) is 30.3 Å². The zero-order valence-corrected chi connectivity index (χ0v) is 20.4. The number of hydrogen-bond donors (Lipinski definition) is 4. The van der Waals surface area contributed by atoms with Crippen LogP contribution in [0.25, 0.3) is 0 Å². The summed E-state index contributed by atoms with van der Waals surface area (Å²) in [4.78, 5) is 12.4. The molecule has 0 saturated carbocycles. The maximum Gasteiger partial charge on any atom is 0.261 e. The van der Waals surface area contributed by atoms with Gasteiger partial charge in [-0.1, -0.05) is 6.07 Å². The van der Waals surface area contributed by atoms with Crippen LogP contribution in [0.5, 0.6) is 5.75 Å². The number of carbonyl (C=O) groups excluding carboxylic acids is 1. The molecule has 0 fully saturated rings. The number of aromatic hydroxyl groups is 1. The van der Waals surface area contributed by atoms with Crippen LogP contribution in [0.4, 0.5) is 11.4 Å². The molecule has 4 N–H and O–H groups in total. The minimum absolute atomic E-state index is 0.0179. The molecule has 0 aliphatic carbocycles. The van der Waals surface area contributed by atoms with Crippen LogP contribution in [-0.2, 0) is 10.0 Å². The number of thiocarbonyl (C=S) groups is 1. The first-order valence-electron chi connectivity index (χ1n) is 9.36. The summed E-state index contributed by atoms with van der Waals surface area (Å²) in [6, 6.07) is 15.6. The number of halogens is 1. The van der Waals surface area contributed by atoms with E-state index in [1.807, 2.05) is 19.9 Å². The van der Waals surface area contributed by atoms with Crippen molar-refractivity contribution < 1.29 is 18.3 Å². The van der Waals surface area contributed by atoms with E-state index >= 15 is 0 Å². The van der Waals surface area contributed by atoms with Crippen LogP contribution in [0.2, 0.25) is 0 Å². The second kappa shape index (κ2) is 9.68. The second-order valence-corrected chi connectivity index (χ2v) is 9.95. The van der Waals surface area contributed by atoms with Gasteiger partial charge in [0.2, 0.25) is 0 Å². The largest absolute Gasteiger partial charge is 0.507 e. The highest BCUT2D eigenvalue weighted by Gasteiger charge is 2.15. The molecular weight excluding hydrogens is 514 g/mol. The molecule has 0 unspecified atom stereocenters. The monoisotopic (exact) mass is 533 g/mol. The average molecular weight is 534 g/mol. The molecule has 10 heteroatoms. The van der Waals surface area contributed by atoms with Crippen molar-refractivity contribution in [3.8, 4) is 5.75 Å². The summed E-state index contributed by atoms with van der Waals surface area (Å²) in [6.45, 7) is 3.87. The van der Waals surface area contributed by atoms with E-state index in [0.717, 1.165) is 11.1 Å². The number of rotatable bonds is 5. The quantitative estimate of drug-likeness (QED) is 0.354. The van der Waals surface area contributed by atoms with Crippen LogP contribution in [0.1, 0.15) is 21.5 Å². The van der Waals surface area contributed by atoms with Crippen LogP contribution in [-0.4, -0.2) is 24.5 Å². The number of hydrogen-bond acceptors (Lipinski definition) is 5.